The Hall–Kier alpha value is -0.720. The Morgan fingerprint density at radius 3 is 1.77 bits per heavy atom. The molecule has 0 N–H and O–H groups in total. The fraction of sp³-hybridized carbons (Fsp3) is 0.955. The van der Waals surface area contributed by atoms with Gasteiger partial charge < -0.3 is 5.53 Å². The highest BCUT2D eigenvalue weighted by molar-refractivity contribution is 8.31. The first-order chi connectivity index (χ1) is 14.3. The van der Waals surface area contributed by atoms with Crippen molar-refractivity contribution in [1.82, 2.24) is 0 Å². The van der Waals surface area contributed by atoms with Crippen LogP contribution >= 0.6 is 0 Å². The van der Waals surface area contributed by atoms with E-state index >= 15 is 0 Å². The zero-order valence-corrected chi connectivity index (χ0v) is 20.2. The maximum Gasteiger partial charge on any atom is 0.495 e. The average molecular weight is 461 g/mol. The van der Waals surface area contributed by atoms with E-state index in [4.69, 9.17) is 0 Å². The van der Waals surface area contributed by atoms with Gasteiger partial charge in [0.2, 0.25) is 0 Å². The van der Waals surface area contributed by atoms with E-state index in [0.29, 0.717) is 31.6 Å². The van der Waals surface area contributed by atoms with Crippen LogP contribution in [-0.2, 0) is 19.7 Å². The minimum Gasteiger partial charge on any atom is -0.359 e. The molecule has 0 aromatic rings. The molecule has 0 saturated heterocycles. The summed E-state index contributed by atoms with van der Waals surface area (Å²) >= 11 is 0. The van der Waals surface area contributed by atoms with Crippen LogP contribution in [0.2, 0.25) is 0 Å². The summed E-state index contributed by atoms with van der Waals surface area (Å²) in [6.45, 7) is 2.22. The normalized spacial score (nSPS) is 23.8. The second kappa shape index (κ2) is 12.4. The Labute approximate surface area is 183 Å². The molecule has 0 heterocycles. The molecule has 8 heteroatoms. The van der Waals surface area contributed by atoms with Crippen LogP contribution in [0, 0.1) is 5.92 Å². The molecule has 2 saturated carbocycles. The van der Waals surface area contributed by atoms with Crippen LogP contribution in [0.15, 0.2) is 0 Å². The van der Waals surface area contributed by atoms with Gasteiger partial charge in [0.05, 0.1) is 10.5 Å². The Morgan fingerprint density at radius 1 is 0.733 bits per heavy atom. The molecule has 0 amide bonds. The van der Waals surface area contributed by atoms with Gasteiger partial charge in [-0.2, -0.15) is 0 Å². The SMILES string of the molecule is CCCCCCCCCC1CCC(S(=O)(=O)C(=[N+]=[N-])S(=O)(=O)C2CCCCC2)CC1. The quantitative estimate of drug-likeness (QED) is 0.142. The maximum atomic E-state index is 13.0. The van der Waals surface area contributed by atoms with Gasteiger partial charge in [-0.15, -0.1) is 4.79 Å². The molecule has 30 heavy (non-hydrogen) atoms. The molecule has 174 valence electrons. The van der Waals surface area contributed by atoms with Crippen LogP contribution in [0.1, 0.15) is 116 Å². The van der Waals surface area contributed by atoms with Crippen LogP contribution in [0.25, 0.3) is 5.53 Å². The number of nitrogens with zero attached hydrogens (tertiary/aromatic N) is 2. The molecule has 0 aromatic heterocycles. The van der Waals surface area contributed by atoms with E-state index in [1.54, 1.807) is 0 Å². The molecule has 0 spiro atoms. The van der Waals surface area contributed by atoms with Gasteiger partial charge in [0.1, 0.15) is 0 Å². The van der Waals surface area contributed by atoms with Crippen molar-refractivity contribution in [2.24, 2.45) is 5.92 Å². The highest BCUT2D eigenvalue weighted by atomic mass is 32.3. The summed E-state index contributed by atoms with van der Waals surface area (Å²) in [5.41, 5.74) is 9.36. The summed E-state index contributed by atoms with van der Waals surface area (Å²) in [6.07, 6.45) is 16.0. The summed E-state index contributed by atoms with van der Waals surface area (Å²) in [5.74, 6) is 0.525. The number of rotatable bonds is 10. The predicted octanol–water partition coefficient (Wildman–Crippen LogP) is 5.43. The zero-order valence-electron chi connectivity index (χ0n) is 18.6. The summed E-state index contributed by atoms with van der Waals surface area (Å²) in [6, 6.07) is 0. The number of sulfone groups is 2. The number of unbranched alkanes of at least 4 members (excludes halogenated alkanes) is 6. The molecule has 2 aliphatic rings. The second-order valence-electron chi connectivity index (χ2n) is 9.27. The first-order valence-corrected chi connectivity index (χ1v) is 15.1. The van der Waals surface area contributed by atoms with Gasteiger partial charge in [-0.3, -0.25) is 0 Å². The van der Waals surface area contributed by atoms with Crippen molar-refractivity contribution in [2.75, 3.05) is 0 Å². The zero-order chi connectivity index (χ0) is 22.0. The number of hydrogen-bond acceptors (Lipinski definition) is 4. The minimum absolute atomic E-state index is 0.446. The van der Waals surface area contributed by atoms with Gasteiger partial charge in [-0.25, -0.2) is 16.8 Å². The third kappa shape index (κ3) is 6.89. The van der Waals surface area contributed by atoms with Crippen molar-refractivity contribution in [1.29, 1.82) is 0 Å². The summed E-state index contributed by atoms with van der Waals surface area (Å²) < 4.78 is 50.8. The lowest BCUT2D eigenvalue weighted by Gasteiger charge is -2.27. The summed E-state index contributed by atoms with van der Waals surface area (Å²) in [7, 11) is -8.24. The van der Waals surface area contributed by atoms with Crippen LogP contribution in [0.5, 0.6) is 0 Å². The van der Waals surface area contributed by atoms with Crippen molar-refractivity contribution in [2.45, 2.75) is 127 Å². The third-order valence-electron chi connectivity index (χ3n) is 7.01. The highest BCUT2D eigenvalue weighted by Crippen LogP contribution is 2.34. The Morgan fingerprint density at radius 2 is 1.23 bits per heavy atom. The topological polar surface area (TPSA) is 105 Å². The van der Waals surface area contributed by atoms with Crippen molar-refractivity contribution < 1.29 is 21.6 Å². The molecule has 0 bridgehead atoms. The predicted molar refractivity (Wildman–Crippen MR) is 122 cm³/mol. The smallest absolute Gasteiger partial charge is 0.359 e. The molecular weight excluding hydrogens is 420 g/mol. The number of hydrogen-bond donors (Lipinski definition) is 0. The van der Waals surface area contributed by atoms with Crippen LogP contribution in [0.3, 0.4) is 0 Å². The summed E-state index contributed by atoms with van der Waals surface area (Å²) in [4.78, 5) is 2.83. The van der Waals surface area contributed by atoms with Gasteiger partial charge >= 0.3 is 4.38 Å². The van der Waals surface area contributed by atoms with Gasteiger partial charge in [0, 0.05) is 0 Å². The van der Waals surface area contributed by atoms with Gasteiger partial charge in [0.15, 0.2) is 0 Å². The van der Waals surface area contributed by atoms with E-state index in [0.717, 1.165) is 38.5 Å². The lowest BCUT2D eigenvalue weighted by molar-refractivity contribution is 0.00358. The largest absolute Gasteiger partial charge is 0.495 e. The molecule has 0 aromatic carbocycles. The van der Waals surface area contributed by atoms with Gasteiger partial charge in [-0.1, -0.05) is 77.6 Å². The van der Waals surface area contributed by atoms with Gasteiger partial charge in [-0.05, 0) is 44.4 Å². The molecule has 0 radical (unpaired) electrons. The van der Waals surface area contributed by atoms with Gasteiger partial charge in [0.25, 0.3) is 19.7 Å². The van der Waals surface area contributed by atoms with E-state index in [1.807, 2.05) is 0 Å². The highest BCUT2D eigenvalue weighted by Gasteiger charge is 2.50. The molecule has 2 rings (SSSR count). The fourth-order valence-electron chi connectivity index (χ4n) is 5.06. The monoisotopic (exact) mass is 460 g/mol. The van der Waals surface area contributed by atoms with E-state index in [2.05, 4.69) is 11.7 Å². The van der Waals surface area contributed by atoms with E-state index in [9.17, 15) is 22.4 Å². The van der Waals surface area contributed by atoms with Crippen LogP contribution in [0.4, 0.5) is 0 Å². The molecular formula is C22H40N2O4S2. The molecule has 2 fully saturated rings. The Balaban J connectivity index is 1.85. The lowest BCUT2D eigenvalue weighted by Crippen LogP contribution is -2.41. The molecule has 2 aliphatic carbocycles. The van der Waals surface area contributed by atoms with E-state index in [-0.39, 0.29) is 0 Å². The van der Waals surface area contributed by atoms with Crippen molar-refractivity contribution >= 4 is 24.1 Å². The molecule has 0 aliphatic heterocycles. The second-order valence-corrected chi connectivity index (χ2v) is 13.8. The van der Waals surface area contributed by atoms with Crippen molar-refractivity contribution in [3.63, 3.8) is 0 Å². The molecule has 0 unspecified atom stereocenters. The average Bonchev–Trinajstić information content (AvgIpc) is 2.74. The minimum atomic E-state index is -4.13. The van der Waals surface area contributed by atoms with Crippen LogP contribution in [-0.4, -0.2) is 36.5 Å². The van der Waals surface area contributed by atoms with Crippen molar-refractivity contribution in [3.8, 4) is 0 Å². The van der Waals surface area contributed by atoms with Crippen LogP contribution < -0.4 is 0 Å². The fourth-order valence-corrected chi connectivity index (χ4v) is 9.81. The Kier molecular flexibility index (Phi) is 10.5. The maximum absolute atomic E-state index is 13.0. The van der Waals surface area contributed by atoms with E-state index < -0.39 is 34.6 Å². The van der Waals surface area contributed by atoms with Crippen molar-refractivity contribution in [3.05, 3.63) is 5.53 Å². The first kappa shape index (κ1) is 25.5. The molecule has 0 atom stereocenters. The first-order valence-electron chi connectivity index (χ1n) is 12.0. The lowest BCUT2D eigenvalue weighted by atomic mass is 9.85. The standard InChI is InChI=1S/C22H40N2O4S2/c1-2-3-4-5-6-7-9-12-19-15-17-21(18-16-19)30(27,28)22(24-23)29(25,26)20-13-10-8-11-14-20/h19-21H,2-18H2,1H3. The third-order valence-corrected chi connectivity index (χ3v) is 12.2. The van der Waals surface area contributed by atoms with E-state index in [1.165, 1.54) is 44.9 Å². The Bertz CT molecular complexity index is 772. The summed E-state index contributed by atoms with van der Waals surface area (Å²) in [5, 5.41) is -1.48. The molecule has 6 nitrogen and oxygen atoms in total.